The minimum Gasteiger partial charge on any atom is -0.392 e. The summed E-state index contributed by atoms with van der Waals surface area (Å²) in [5.41, 5.74) is 24.1. The lowest BCUT2D eigenvalue weighted by molar-refractivity contribution is 0.281. The first-order chi connectivity index (χ1) is 51.1. The highest BCUT2D eigenvalue weighted by Crippen LogP contribution is 2.48. The van der Waals surface area contributed by atoms with Crippen LogP contribution in [0.2, 0.25) is 0 Å². The number of aromatic nitrogens is 8. The third-order valence-corrected chi connectivity index (χ3v) is 20.0. The third kappa shape index (κ3) is 11.9. The number of benzene rings is 12. The van der Waals surface area contributed by atoms with Gasteiger partial charge in [-0.1, -0.05) is 194 Å². The second kappa shape index (κ2) is 27.2. The summed E-state index contributed by atoms with van der Waals surface area (Å²) in [4.78, 5) is 41.1. The third-order valence-electron chi connectivity index (χ3n) is 20.0. The molecule has 0 saturated carbocycles. The fourth-order valence-corrected chi connectivity index (χ4v) is 14.2. The lowest BCUT2D eigenvalue weighted by Crippen LogP contribution is -1.92. The van der Waals surface area contributed by atoms with E-state index >= 15 is 0 Å². The molecule has 16 heteroatoms. The predicted molar refractivity (Wildman–Crippen MR) is 407 cm³/mol. The maximum absolute atomic E-state index is 10.3. The second-order valence-electron chi connectivity index (χ2n) is 26.2. The summed E-state index contributed by atoms with van der Waals surface area (Å²) in [6.45, 7) is -1.08. The van der Waals surface area contributed by atoms with Crippen LogP contribution >= 0.6 is 0 Å². The number of aromatic amines is 2. The van der Waals surface area contributed by atoms with Crippen LogP contribution in [0.4, 0.5) is 0 Å². The minimum atomic E-state index is -0.136. The van der Waals surface area contributed by atoms with Crippen LogP contribution in [0.1, 0.15) is 44.5 Å². The zero-order chi connectivity index (χ0) is 70.7. The molecule has 3 aromatic heterocycles. The lowest BCUT2D eigenvalue weighted by atomic mass is 9.89. The van der Waals surface area contributed by atoms with Crippen molar-refractivity contribution in [3.05, 3.63) is 287 Å². The maximum Gasteiger partial charge on any atom is 0.164 e. The van der Waals surface area contributed by atoms with Crippen molar-refractivity contribution in [2.45, 2.75) is 52.9 Å². The highest BCUT2D eigenvalue weighted by molar-refractivity contribution is 6.12. The van der Waals surface area contributed by atoms with Crippen molar-refractivity contribution in [2.75, 3.05) is 0 Å². The summed E-state index contributed by atoms with van der Waals surface area (Å²) in [7, 11) is 0. The molecule has 0 fully saturated rings. The van der Waals surface area contributed by atoms with Crippen molar-refractivity contribution < 1.29 is 40.9 Å². The van der Waals surface area contributed by atoms with Gasteiger partial charge in [0.15, 0.2) is 23.3 Å². The molecule has 0 atom stereocenters. The SMILES string of the molecule is OCc1ccc(-c2cc3c(cc2-c2ccc(CO)cc2)-c2nc-3nc3[nH]c(nc4nc(nc5[nH]c(n2)c2cc(-c6ccc(CO)cc6)c(-c6ccc(CO)cc6)cc52)-c2cc(-c5ccc(CO)cc5)c(-c5ccc(CO)cc5)cc2-4)c2cc(-c4ccc(CO)cc4)c(-c4ccc(CO)cc4)cc32)cc1. The van der Waals surface area contributed by atoms with Gasteiger partial charge < -0.3 is 50.8 Å². The van der Waals surface area contributed by atoms with E-state index in [1.807, 2.05) is 194 Å². The van der Waals surface area contributed by atoms with Crippen molar-refractivity contribution >= 4 is 44.1 Å². The Morgan fingerprint density at radius 1 is 0.173 bits per heavy atom. The highest BCUT2D eigenvalue weighted by Gasteiger charge is 2.28. The number of fused-ring (bicyclic) bond motifs is 20. The summed E-state index contributed by atoms with van der Waals surface area (Å²) in [5.74, 6) is 1.34. The van der Waals surface area contributed by atoms with Gasteiger partial charge in [0.1, 0.15) is 22.6 Å². The van der Waals surface area contributed by atoms with Crippen LogP contribution in [0.3, 0.4) is 0 Å². The Balaban J connectivity index is 1.04. The van der Waals surface area contributed by atoms with Crippen molar-refractivity contribution in [3.63, 3.8) is 0 Å². The van der Waals surface area contributed by atoms with Gasteiger partial charge in [-0.15, -0.1) is 0 Å². The molecule has 104 heavy (non-hydrogen) atoms. The molecular weight excluding hydrogens is 1300 g/mol. The Bertz CT molecular complexity index is 5290. The van der Waals surface area contributed by atoms with Gasteiger partial charge in [-0.25, -0.2) is 29.9 Å². The molecule has 0 aliphatic carbocycles. The minimum absolute atomic E-state index is 0.135. The fourth-order valence-electron chi connectivity index (χ4n) is 14.2. The molecule has 0 radical (unpaired) electrons. The Kier molecular flexibility index (Phi) is 17.0. The molecule has 0 amide bonds. The summed E-state index contributed by atoms with van der Waals surface area (Å²) in [5, 5.41) is 85.0. The van der Waals surface area contributed by atoms with E-state index in [-0.39, 0.29) is 52.9 Å². The number of H-pyrrole nitrogens is 2. The molecular formula is C88H66N8O8. The number of hydrogen-bond acceptors (Lipinski definition) is 14. The lowest BCUT2D eigenvalue weighted by Gasteiger charge is -2.14. The Morgan fingerprint density at radius 3 is 0.462 bits per heavy atom. The smallest absolute Gasteiger partial charge is 0.164 e. The largest absolute Gasteiger partial charge is 0.392 e. The average molecular weight is 1360 g/mol. The van der Waals surface area contributed by atoms with E-state index in [9.17, 15) is 40.9 Å². The Labute approximate surface area is 596 Å². The molecule has 17 rings (SSSR count). The van der Waals surface area contributed by atoms with E-state index in [1.54, 1.807) is 0 Å². The molecule has 0 unspecified atom stereocenters. The number of nitrogens with one attached hydrogen (secondary N) is 2. The quantitative estimate of drug-likeness (QED) is 0.0431. The average Bonchev–Trinajstić information content (AvgIpc) is 1.58. The van der Waals surface area contributed by atoms with Crippen molar-refractivity contribution in [1.82, 2.24) is 39.9 Å². The van der Waals surface area contributed by atoms with E-state index in [1.165, 1.54) is 0 Å². The molecule has 12 aromatic carbocycles. The van der Waals surface area contributed by atoms with Gasteiger partial charge in [0.05, 0.1) is 52.9 Å². The number of aliphatic hydroxyl groups excluding tert-OH is 8. The fraction of sp³-hybridized carbons (Fsp3) is 0.0909. The van der Waals surface area contributed by atoms with Crippen molar-refractivity contribution in [2.24, 2.45) is 0 Å². The summed E-state index contributed by atoms with van der Waals surface area (Å²) < 4.78 is 0. The first kappa shape index (κ1) is 65.0. The summed E-state index contributed by atoms with van der Waals surface area (Å²) in [6, 6.07) is 79.2. The van der Waals surface area contributed by atoms with E-state index in [4.69, 9.17) is 29.9 Å². The van der Waals surface area contributed by atoms with E-state index in [2.05, 4.69) is 58.5 Å². The first-order valence-electron chi connectivity index (χ1n) is 34.2. The molecule has 506 valence electrons. The standard InChI is InChI=1S/C88H66N8O8/c97-41-49-1-17-57(18-2-49)65-33-73-74(34-66(65)58-19-3-50(42-98)4-20-58)82-89-81(73)93-83-75-35-67(59-21-5-51(43-99)6-22-59)68(60-23-7-52(44-100)8-24-60)36-76(75)85(90-83)95-87-79-39-71(63-29-13-55(47-103)14-30-63)72(64-31-15-56(48-104)16-32-64)40-80(79)88(92-87)96-86-78-38-70(62-27-11-54(46-102)12-28-62)69(37-77(78)84(91-86)94-82)61-25-9-53(45-101)10-26-61/h1-40,97-104H,41-48H2,(H2,89,90,91,92,93,94,95,96). The molecule has 5 heterocycles. The zero-order valence-corrected chi connectivity index (χ0v) is 56.0. The van der Waals surface area contributed by atoms with E-state index in [0.717, 1.165) is 134 Å². The van der Waals surface area contributed by atoms with Gasteiger partial charge in [0, 0.05) is 43.8 Å². The first-order valence-corrected chi connectivity index (χ1v) is 34.2. The van der Waals surface area contributed by atoms with Crippen molar-refractivity contribution in [3.8, 4) is 135 Å². The summed E-state index contributed by atoms with van der Waals surface area (Å²) >= 11 is 0. The number of aliphatic hydroxyl groups is 8. The summed E-state index contributed by atoms with van der Waals surface area (Å²) in [6.07, 6.45) is 0. The number of hydrogen-bond donors (Lipinski definition) is 10. The Hall–Kier alpha value is -12.3. The molecule has 10 N–H and O–H groups in total. The Morgan fingerprint density at radius 2 is 0.317 bits per heavy atom. The molecule has 0 spiro atoms. The van der Waals surface area contributed by atoms with Crippen molar-refractivity contribution in [1.29, 1.82) is 0 Å². The van der Waals surface area contributed by atoms with Crippen LogP contribution in [0.25, 0.3) is 179 Å². The monoisotopic (exact) mass is 1360 g/mol. The number of rotatable bonds is 16. The van der Waals surface area contributed by atoms with Crippen LogP contribution in [-0.2, 0) is 52.9 Å². The molecule has 2 aliphatic heterocycles. The van der Waals surface area contributed by atoms with Gasteiger partial charge in [-0.3, -0.25) is 0 Å². The van der Waals surface area contributed by atoms with Crippen LogP contribution < -0.4 is 0 Å². The van der Waals surface area contributed by atoms with Crippen LogP contribution in [-0.4, -0.2) is 80.7 Å². The molecule has 16 nitrogen and oxygen atoms in total. The molecule has 8 bridgehead atoms. The highest BCUT2D eigenvalue weighted by atomic mass is 16.3. The second-order valence-corrected chi connectivity index (χ2v) is 26.2. The van der Waals surface area contributed by atoms with Gasteiger partial charge in [0.2, 0.25) is 0 Å². The zero-order valence-electron chi connectivity index (χ0n) is 56.0. The van der Waals surface area contributed by atoms with Crippen LogP contribution in [0.15, 0.2) is 243 Å². The van der Waals surface area contributed by atoms with Gasteiger partial charge in [-0.2, -0.15) is 0 Å². The maximum atomic E-state index is 10.3. The van der Waals surface area contributed by atoms with Crippen LogP contribution in [0.5, 0.6) is 0 Å². The van der Waals surface area contributed by atoms with E-state index in [0.29, 0.717) is 89.7 Å². The predicted octanol–water partition coefficient (Wildman–Crippen LogP) is 16.1. The normalized spacial score (nSPS) is 11.8. The number of nitrogens with zero attached hydrogens (tertiary/aromatic N) is 6. The van der Waals surface area contributed by atoms with Crippen LogP contribution in [0, 0.1) is 0 Å². The van der Waals surface area contributed by atoms with Gasteiger partial charge in [0.25, 0.3) is 0 Å². The molecule has 2 aliphatic rings. The van der Waals surface area contributed by atoms with E-state index < -0.39 is 0 Å². The molecule has 0 saturated heterocycles. The topological polar surface area (TPSA) is 271 Å². The molecule has 15 aromatic rings. The van der Waals surface area contributed by atoms with Gasteiger partial charge >= 0.3 is 0 Å². The van der Waals surface area contributed by atoms with Gasteiger partial charge in [-0.05, 0) is 182 Å².